The van der Waals surface area contributed by atoms with Gasteiger partial charge in [-0.15, -0.1) is 11.3 Å². The fourth-order valence-electron chi connectivity index (χ4n) is 7.20. The van der Waals surface area contributed by atoms with E-state index in [1.54, 1.807) is 12.3 Å². The average Bonchev–Trinajstić information content (AvgIpc) is 3.93. The Morgan fingerprint density at radius 2 is 2.02 bits per heavy atom. The number of aromatic nitrogens is 3. The Kier molecular flexibility index (Phi) is 7.10. The quantitative estimate of drug-likeness (QED) is 0.232. The lowest BCUT2D eigenvalue weighted by Gasteiger charge is -2.47. The topological polar surface area (TPSA) is 125 Å². The van der Waals surface area contributed by atoms with Gasteiger partial charge in [0.25, 0.3) is 0 Å². The molecular formula is C34H39FN8O2S. The molecule has 0 bridgehead atoms. The van der Waals surface area contributed by atoms with Crippen molar-refractivity contribution in [2.24, 2.45) is 5.41 Å². The van der Waals surface area contributed by atoms with Gasteiger partial charge in [0.1, 0.15) is 22.7 Å². The summed E-state index contributed by atoms with van der Waals surface area (Å²) in [5.74, 6) is 0.272. The van der Waals surface area contributed by atoms with Crippen LogP contribution in [0.15, 0.2) is 24.4 Å². The Bertz CT molecular complexity index is 1870. The van der Waals surface area contributed by atoms with Crippen molar-refractivity contribution in [3.63, 3.8) is 0 Å². The highest BCUT2D eigenvalue weighted by molar-refractivity contribution is 7.23. The molecule has 0 unspecified atom stereocenters. The van der Waals surface area contributed by atoms with E-state index in [2.05, 4.69) is 35.3 Å². The zero-order valence-electron chi connectivity index (χ0n) is 26.4. The first-order chi connectivity index (χ1) is 22.2. The Morgan fingerprint density at radius 3 is 2.72 bits per heavy atom. The molecule has 0 radical (unpaired) electrons. The monoisotopic (exact) mass is 642 g/mol. The van der Waals surface area contributed by atoms with Crippen molar-refractivity contribution in [2.45, 2.75) is 56.1 Å². The summed E-state index contributed by atoms with van der Waals surface area (Å²) in [6.45, 7) is 5.08. The number of benzene rings is 1. The van der Waals surface area contributed by atoms with Crippen LogP contribution in [-0.2, 0) is 4.74 Å². The number of hydrogen-bond donors (Lipinski definition) is 2. The molecule has 3 saturated carbocycles. The van der Waals surface area contributed by atoms with E-state index in [0.29, 0.717) is 50.3 Å². The standard InChI is InChI=1S/C34H39FN8O2S/c1-42(2)33(6-3-7-33)17-39-30-23-16-38-25(21-4-5-24(35)28-27(21)22(15-36)29(37)46-28)14-26(23)40-31(41-30)44-20-32(8-9-32)18-43-12-13-45-34(19-43)10-11-34/h4-5,14,16H,3,6-13,17-20,37H2,1-2H3,(H,39,40,41). The van der Waals surface area contributed by atoms with Crippen LogP contribution in [0.3, 0.4) is 0 Å². The SMILES string of the molecule is CN(C)C1(CNc2nc(OCC3(CN4CCOC5(CC5)C4)CC3)nc3cc(-c4ccc(F)c5sc(N)c(C#N)c45)ncc23)CCC1. The van der Waals surface area contributed by atoms with Crippen LogP contribution in [0.5, 0.6) is 6.01 Å². The predicted molar refractivity (Wildman–Crippen MR) is 178 cm³/mol. The first kappa shape index (κ1) is 29.8. The van der Waals surface area contributed by atoms with Gasteiger partial charge in [-0.25, -0.2) is 4.39 Å². The van der Waals surface area contributed by atoms with E-state index in [-0.39, 0.29) is 22.1 Å². The smallest absolute Gasteiger partial charge is 0.318 e. The van der Waals surface area contributed by atoms with Gasteiger partial charge in [-0.3, -0.25) is 9.88 Å². The highest BCUT2D eigenvalue weighted by Gasteiger charge is 2.51. The molecule has 10 nitrogen and oxygen atoms in total. The van der Waals surface area contributed by atoms with E-state index in [4.69, 9.17) is 30.2 Å². The van der Waals surface area contributed by atoms with Crippen molar-refractivity contribution >= 4 is 43.1 Å². The second-order valence-corrected chi connectivity index (χ2v) is 15.1. The maximum Gasteiger partial charge on any atom is 0.318 e. The molecule has 3 aromatic heterocycles. The largest absolute Gasteiger partial charge is 0.463 e. The molecule has 4 aliphatic rings. The van der Waals surface area contributed by atoms with Gasteiger partial charge in [-0.05, 0) is 77.2 Å². The number of likely N-dealkylation sites (N-methyl/N-ethyl adjacent to an activating group) is 1. The van der Waals surface area contributed by atoms with Crippen LogP contribution in [0.25, 0.3) is 32.2 Å². The first-order valence-electron chi connectivity index (χ1n) is 16.2. The van der Waals surface area contributed by atoms with Crippen LogP contribution in [0, 0.1) is 22.6 Å². The van der Waals surface area contributed by atoms with Crippen LogP contribution in [0.1, 0.15) is 50.5 Å². The molecule has 1 aromatic carbocycles. The Morgan fingerprint density at radius 1 is 1.20 bits per heavy atom. The van der Waals surface area contributed by atoms with Crippen molar-refractivity contribution in [2.75, 3.05) is 64.5 Å². The number of hydrogen-bond acceptors (Lipinski definition) is 11. The van der Waals surface area contributed by atoms with Crippen molar-refractivity contribution < 1.29 is 13.9 Å². The van der Waals surface area contributed by atoms with Gasteiger partial charge in [-0.2, -0.15) is 15.2 Å². The van der Waals surface area contributed by atoms with E-state index in [1.807, 2.05) is 6.07 Å². The second-order valence-electron chi connectivity index (χ2n) is 14.1. The maximum absolute atomic E-state index is 14.8. The van der Waals surface area contributed by atoms with Gasteiger partial charge in [0.05, 0.1) is 45.7 Å². The zero-order chi connectivity index (χ0) is 31.7. The molecule has 12 heteroatoms. The third-order valence-corrected chi connectivity index (χ3v) is 11.8. The number of thiophene rings is 1. The molecule has 4 aromatic rings. The fraction of sp³-hybridized carbons (Fsp3) is 0.529. The molecule has 4 heterocycles. The normalized spacial score (nSPS) is 20.9. The summed E-state index contributed by atoms with van der Waals surface area (Å²) in [7, 11) is 4.26. The van der Waals surface area contributed by atoms with Crippen LogP contribution in [-0.4, -0.2) is 89.4 Å². The number of nitrogens with two attached hydrogens (primary N) is 1. The highest BCUT2D eigenvalue weighted by atomic mass is 32.1. The number of rotatable bonds is 10. The van der Waals surface area contributed by atoms with Crippen molar-refractivity contribution in [3.05, 3.63) is 35.8 Å². The fourth-order valence-corrected chi connectivity index (χ4v) is 8.15. The average molecular weight is 643 g/mol. The van der Waals surface area contributed by atoms with Gasteiger partial charge >= 0.3 is 6.01 Å². The minimum absolute atomic E-state index is 0.0765. The maximum atomic E-state index is 14.8. The molecule has 1 aliphatic heterocycles. The predicted octanol–water partition coefficient (Wildman–Crippen LogP) is 5.42. The lowest BCUT2D eigenvalue weighted by Crippen LogP contribution is -2.54. The first-order valence-corrected chi connectivity index (χ1v) is 17.0. The molecule has 1 spiro atoms. The lowest BCUT2D eigenvalue weighted by molar-refractivity contribution is -0.0532. The number of nitriles is 1. The Hall–Kier alpha value is -3.63. The summed E-state index contributed by atoms with van der Waals surface area (Å²) in [5.41, 5.74) is 8.54. The van der Waals surface area contributed by atoms with Gasteiger partial charge < -0.3 is 25.4 Å². The summed E-state index contributed by atoms with van der Waals surface area (Å²) in [6.07, 6.45) is 9.80. The number of halogens is 1. The van der Waals surface area contributed by atoms with Crippen LogP contribution in [0.4, 0.5) is 15.2 Å². The van der Waals surface area contributed by atoms with Crippen LogP contribution in [0.2, 0.25) is 0 Å². The molecular weight excluding hydrogens is 603 g/mol. The van der Waals surface area contributed by atoms with E-state index in [1.165, 1.54) is 25.3 Å². The molecule has 46 heavy (non-hydrogen) atoms. The van der Waals surface area contributed by atoms with E-state index in [9.17, 15) is 9.65 Å². The van der Waals surface area contributed by atoms with Crippen LogP contribution >= 0.6 is 11.3 Å². The molecule has 8 rings (SSSR count). The number of pyridine rings is 1. The van der Waals surface area contributed by atoms with Crippen molar-refractivity contribution in [3.8, 4) is 23.3 Å². The van der Waals surface area contributed by atoms with E-state index in [0.717, 1.165) is 75.2 Å². The number of fused-ring (bicyclic) bond motifs is 2. The molecule has 240 valence electrons. The van der Waals surface area contributed by atoms with Crippen molar-refractivity contribution in [1.29, 1.82) is 5.26 Å². The summed E-state index contributed by atoms with van der Waals surface area (Å²) >= 11 is 1.08. The third kappa shape index (κ3) is 5.23. The lowest BCUT2D eigenvalue weighted by atomic mass is 9.75. The number of anilines is 2. The molecule has 0 atom stereocenters. The Labute approximate surface area is 271 Å². The number of nitrogens with zero attached hydrogens (tertiary/aromatic N) is 6. The number of morpholine rings is 1. The molecule has 0 amide bonds. The number of ether oxygens (including phenoxy) is 2. The minimum atomic E-state index is -0.411. The molecule has 4 fully saturated rings. The van der Waals surface area contributed by atoms with E-state index >= 15 is 0 Å². The van der Waals surface area contributed by atoms with Gasteiger partial charge in [-0.1, -0.05) is 0 Å². The number of nitrogen functional groups attached to an aromatic ring is 1. The summed E-state index contributed by atoms with van der Waals surface area (Å²) in [6, 6.07) is 7.41. The summed E-state index contributed by atoms with van der Waals surface area (Å²) < 4.78 is 27.6. The van der Waals surface area contributed by atoms with Gasteiger partial charge in [0, 0.05) is 54.3 Å². The minimum Gasteiger partial charge on any atom is -0.463 e. The second kappa shape index (κ2) is 11.0. The molecule has 1 saturated heterocycles. The van der Waals surface area contributed by atoms with Crippen LogP contribution < -0.4 is 15.8 Å². The zero-order valence-corrected chi connectivity index (χ0v) is 27.2. The third-order valence-electron chi connectivity index (χ3n) is 10.7. The van der Waals surface area contributed by atoms with Crippen molar-refractivity contribution in [1.82, 2.24) is 24.8 Å². The Balaban J connectivity index is 1.12. The highest BCUT2D eigenvalue weighted by Crippen LogP contribution is 2.49. The van der Waals surface area contributed by atoms with Gasteiger partial charge in [0.2, 0.25) is 0 Å². The summed E-state index contributed by atoms with van der Waals surface area (Å²) in [4.78, 5) is 19.4. The molecule has 3 N–H and O–H groups in total. The van der Waals surface area contributed by atoms with E-state index < -0.39 is 5.82 Å². The van der Waals surface area contributed by atoms with Gasteiger partial charge in [0.15, 0.2) is 0 Å². The molecule has 3 aliphatic carbocycles. The number of nitrogens with one attached hydrogen (secondary N) is 1. The summed E-state index contributed by atoms with van der Waals surface area (Å²) in [5, 5.41) is 15.0.